The van der Waals surface area contributed by atoms with Crippen LogP contribution in [0.15, 0.2) is 0 Å². The normalized spacial score (nSPS) is 23.6. The van der Waals surface area contributed by atoms with E-state index < -0.39 is 5.79 Å². The molecule has 1 rings (SSSR count). The molecule has 0 spiro atoms. The molecule has 0 atom stereocenters. The minimum Gasteiger partial charge on any atom is -0.349 e. The van der Waals surface area contributed by atoms with Crippen LogP contribution in [0.25, 0.3) is 0 Å². The molecule has 11 heavy (non-hydrogen) atoms. The number of hydrogen-bond acceptors (Lipinski definition) is 3. The molecule has 0 saturated carbocycles. The van der Waals surface area contributed by atoms with Crippen molar-refractivity contribution in [1.29, 1.82) is 5.26 Å². The lowest BCUT2D eigenvalue weighted by Crippen LogP contribution is -2.30. The van der Waals surface area contributed by atoms with E-state index in [0.717, 1.165) is 12.8 Å². The summed E-state index contributed by atoms with van der Waals surface area (Å²) < 4.78 is 10.8. The Labute approximate surface area is 66.9 Å². The number of ether oxygens (including phenoxy) is 2. The second-order valence-corrected chi connectivity index (χ2v) is 2.87. The van der Waals surface area contributed by atoms with Gasteiger partial charge in [-0.15, -0.1) is 0 Å². The first-order chi connectivity index (χ1) is 5.27. The van der Waals surface area contributed by atoms with Crippen LogP contribution < -0.4 is 0 Å². The molecule has 0 aromatic carbocycles. The largest absolute Gasteiger partial charge is 0.349 e. The van der Waals surface area contributed by atoms with Crippen LogP contribution in [0.3, 0.4) is 0 Å². The van der Waals surface area contributed by atoms with Gasteiger partial charge in [-0.05, 0) is 19.8 Å². The summed E-state index contributed by atoms with van der Waals surface area (Å²) in [6.45, 7) is 3.23. The summed E-state index contributed by atoms with van der Waals surface area (Å²) in [5.41, 5.74) is 0. The summed E-state index contributed by atoms with van der Waals surface area (Å²) >= 11 is 0. The molecule has 0 aromatic heterocycles. The van der Waals surface area contributed by atoms with Gasteiger partial charge in [0.25, 0.3) is 0 Å². The van der Waals surface area contributed by atoms with Gasteiger partial charge in [0.05, 0.1) is 25.7 Å². The van der Waals surface area contributed by atoms with E-state index in [0.29, 0.717) is 19.6 Å². The molecule has 0 aliphatic carbocycles. The Bertz CT molecular complexity index is 154. The Balaban J connectivity index is 2.46. The van der Waals surface area contributed by atoms with Crippen LogP contribution >= 0.6 is 0 Å². The van der Waals surface area contributed by atoms with Crippen molar-refractivity contribution in [2.75, 3.05) is 13.2 Å². The molecule has 1 aliphatic heterocycles. The topological polar surface area (TPSA) is 42.2 Å². The standard InChI is InChI=1S/C8H13NO2/c1-8(4-5-9)10-6-2-3-7-11-8/h2-4,6-7H2,1H3. The fraction of sp³-hybridized carbons (Fsp3) is 0.875. The molecule has 62 valence electrons. The molecule has 1 fully saturated rings. The van der Waals surface area contributed by atoms with E-state index in [-0.39, 0.29) is 0 Å². The maximum absolute atomic E-state index is 8.47. The van der Waals surface area contributed by atoms with Crippen molar-refractivity contribution >= 4 is 0 Å². The fourth-order valence-electron chi connectivity index (χ4n) is 1.07. The van der Waals surface area contributed by atoms with Gasteiger partial charge >= 0.3 is 0 Å². The van der Waals surface area contributed by atoms with Gasteiger partial charge in [-0.2, -0.15) is 5.26 Å². The van der Waals surface area contributed by atoms with Crippen molar-refractivity contribution in [3.05, 3.63) is 0 Å². The zero-order valence-electron chi connectivity index (χ0n) is 6.80. The second-order valence-electron chi connectivity index (χ2n) is 2.87. The molecular formula is C8H13NO2. The highest BCUT2D eigenvalue weighted by molar-refractivity contribution is 4.80. The second kappa shape index (κ2) is 3.70. The maximum atomic E-state index is 8.47. The van der Waals surface area contributed by atoms with Crippen molar-refractivity contribution in [1.82, 2.24) is 0 Å². The molecule has 0 bridgehead atoms. The third-order valence-electron chi connectivity index (χ3n) is 1.75. The van der Waals surface area contributed by atoms with Crippen molar-refractivity contribution in [3.8, 4) is 6.07 Å². The molecular weight excluding hydrogens is 142 g/mol. The highest BCUT2D eigenvalue weighted by atomic mass is 16.7. The van der Waals surface area contributed by atoms with Crippen molar-refractivity contribution in [3.63, 3.8) is 0 Å². The Kier molecular flexibility index (Phi) is 2.86. The zero-order chi connectivity index (χ0) is 8.16. The highest BCUT2D eigenvalue weighted by Gasteiger charge is 2.26. The Hall–Kier alpha value is -0.590. The number of rotatable bonds is 1. The van der Waals surface area contributed by atoms with Gasteiger partial charge in [0.2, 0.25) is 0 Å². The average Bonchev–Trinajstić information content (AvgIpc) is 2.15. The molecule has 3 nitrogen and oxygen atoms in total. The zero-order valence-corrected chi connectivity index (χ0v) is 6.80. The number of hydrogen-bond donors (Lipinski definition) is 0. The minimum absolute atomic E-state index is 0.312. The van der Waals surface area contributed by atoms with E-state index in [4.69, 9.17) is 14.7 Å². The van der Waals surface area contributed by atoms with E-state index >= 15 is 0 Å². The van der Waals surface area contributed by atoms with E-state index in [1.54, 1.807) is 0 Å². The van der Waals surface area contributed by atoms with Gasteiger partial charge in [-0.3, -0.25) is 0 Å². The van der Waals surface area contributed by atoms with Crippen LogP contribution in [0.2, 0.25) is 0 Å². The summed E-state index contributed by atoms with van der Waals surface area (Å²) in [4.78, 5) is 0. The van der Waals surface area contributed by atoms with Crippen LogP contribution in [0.5, 0.6) is 0 Å². The first-order valence-electron chi connectivity index (χ1n) is 3.92. The maximum Gasteiger partial charge on any atom is 0.178 e. The molecule has 0 radical (unpaired) electrons. The molecule has 0 aromatic rings. The van der Waals surface area contributed by atoms with Gasteiger partial charge in [-0.25, -0.2) is 0 Å². The summed E-state index contributed by atoms with van der Waals surface area (Å²) in [7, 11) is 0. The van der Waals surface area contributed by atoms with Crippen LogP contribution in [-0.2, 0) is 9.47 Å². The van der Waals surface area contributed by atoms with Crippen molar-refractivity contribution in [2.45, 2.75) is 32.0 Å². The fourth-order valence-corrected chi connectivity index (χ4v) is 1.07. The minimum atomic E-state index is -0.648. The van der Waals surface area contributed by atoms with E-state index in [2.05, 4.69) is 6.07 Å². The van der Waals surface area contributed by atoms with Crippen LogP contribution in [0, 0.1) is 11.3 Å². The van der Waals surface area contributed by atoms with Gasteiger partial charge in [0, 0.05) is 0 Å². The summed E-state index contributed by atoms with van der Waals surface area (Å²) in [6, 6.07) is 2.06. The van der Waals surface area contributed by atoms with E-state index in [1.165, 1.54) is 0 Å². The van der Waals surface area contributed by atoms with Gasteiger partial charge in [0.1, 0.15) is 0 Å². The molecule has 1 aliphatic rings. The molecule has 0 amide bonds. The molecule has 0 N–H and O–H groups in total. The Morgan fingerprint density at radius 1 is 1.36 bits per heavy atom. The molecule has 1 saturated heterocycles. The third kappa shape index (κ3) is 2.49. The quantitative estimate of drug-likeness (QED) is 0.575. The Morgan fingerprint density at radius 3 is 2.36 bits per heavy atom. The molecule has 0 unspecified atom stereocenters. The lowest BCUT2D eigenvalue weighted by Gasteiger charge is -2.24. The third-order valence-corrected chi connectivity index (χ3v) is 1.75. The van der Waals surface area contributed by atoms with Gasteiger partial charge in [-0.1, -0.05) is 0 Å². The van der Waals surface area contributed by atoms with Crippen molar-refractivity contribution < 1.29 is 9.47 Å². The Morgan fingerprint density at radius 2 is 1.91 bits per heavy atom. The van der Waals surface area contributed by atoms with E-state index in [1.807, 2.05) is 6.92 Å². The highest BCUT2D eigenvalue weighted by Crippen LogP contribution is 2.20. The summed E-state index contributed by atoms with van der Waals surface area (Å²) in [5.74, 6) is -0.648. The first-order valence-corrected chi connectivity index (χ1v) is 3.92. The summed E-state index contributed by atoms with van der Waals surface area (Å²) in [6.07, 6.45) is 2.37. The number of nitriles is 1. The summed E-state index contributed by atoms with van der Waals surface area (Å²) in [5, 5.41) is 8.47. The van der Waals surface area contributed by atoms with Gasteiger partial charge < -0.3 is 9.47 Å². The lowest BCUT2D eigenvalue weighted by molar-refractivity contribution is -0.208. The van der Waals surface area contributed by atoms with Crippen LogP contribution in [-0.4, -0.2) is 19.0 Å². The smallest absolute Gasteiger partial charge is 0.178 e. The van der Waals surface area contributed by atoms with Crippen LogP contribution in [0.1, 0.15) is 26.2 Å². The van der Waals surface area contributed by atoms with Crippen LogP contribution in [0.4, 0.5) is 0 Å². The molecule has 3 heteroatoms. The first kappa shape index (κ1) is 8.51. The lowest BCUT2D eigenvalue weighted by atomic mass is 10.2. The average molecular weight is 155 g/mol. The number of nitrogens with zero attached hydrogens (tertiary/aromatic N) is 1. The predicted octanol–water partition coefficient (Wildman–Crippen LogP) is 1.44. The van der Waals surface area contributed by atoms with E-state index in [9.17, 15) is 0 Å². The monoisotopic (exact) mass is 155 g/mol. The van der Waals surface area contributed by atoms with Crippen molar-refractivity contribution in [2.24, 2.45) is 0 Å². The molecule has 1 heterocycles. The van der Waals surface area contributed by atoms with Gasteiger partial charge in [0.15, 0.2) is 5.79 Å². The predicted molar refractivity (Wildman–Crippen MR) is 39.8 cm³/mol. The SMILES string of the molecule is CC1(CC#N)OCCCCO1.